The van der Waals surface area contributed by atoms with Gasteiger partial charge in [0.2, 0.25) is 0 Å². The smallest absolute Gasteiger partial charge is 0.266 e. The van der Waals surface area contributed by atoms with Crippen LogP contribution in [0.1, 0.15) is 10.4 Å². The van der Waals surface area contributed by atoms with Gasteiger partial charge in [0.25, 0.3) is 21.5 Å². The van der Waals surface area contributed by atoms with Crippen molar-refractivity contribution in [1.29, 1.82) is 0 Å². The number of carbonyl (C=O) groups is 1. The Morgan fingerprint density at radius 3 is 2.32 bits per heavy atom. The summed E-state index contributed by atoms with van der Waals surface area (Å²) in [6.07, 6.45) is 0. The highest BCUT2D eigenvalue weighted by molar-refractivity contribution is 7.90. The molecule has 6 nitrogen and oxygen atoms in total. The molecule has 19 heavy (non-hydrogen) atoms. The van der Waals surface area contributed by atoms with Gasteiger partial charge in [0.05, 0.1) is 5.56 Å². The first kappa shape index (κ1) is 13.5. The molecule has 0 spiro atoms. The van der Waals surface area contributed by atoms with Crippen LogP contribution < -0.4 is 10.3 Å². The first-order valence-corrected chi connectivity index (χ1v) is 7.51. The third kappa shape index (κ3) is 2.74. The van der Waals surface area contributed by atoms with E-state index >= 15 is 0 Å². The highest BCUT2D eigenvalue weighted by Crippen LogP contribution is 2.20. The Balaban J connectivity index is 0.000000163. The fourth-order valence-corrected chi connectivity index (χ4v) is 3.15. The Morgan fingerprint density at radius 2 is 1.84 bits per heavy atom. The number of aromatic nitrogens is 1. The van der Waals surface area contributed by atoms with Crippen LogP contribution in [0, 0.1) is 0 Å². The van der Waals surface area contributed by atoms with E-state index in [1.54, 1.807) is 34.6 Å². The van der Waals surface area contributed by atoms with Crippen molar-refractivity contribution in [2.45, 2.75) is 4.90 Å². The van der Waals surface area contributed by atoms with E-state index < -0.39 is 15.9 Å². The Kier molecular flexibility index (Phi) is 3.54. The van der Waals surface area contributed by atoms with Crippen LogP contribution >= 0.6 is 11.5 Å². The summed E-state index contributed by atoms with van der Waals surface area (Å²) < 4.78 is 25.7. The minimum absolute atomic E-state index is 0.0648. The minimum atomic E-state index is -3.55. The highest BCUT2D eigenvalue weighted by atomic mass is 32.2. The molecule has 0 fully saturated rings. The normalized spacial score (nSPS) is 15.1. The molecule has 2 heterocycles. The number of benzene rings is 1. The van der Waals surface area contributed by atoms with E-state index in [-0.39, 0.29) is 16.0 Å². The molecule has 1 aliphatic heterocycles. The van der Waals surface area contributed by atoms with E-state index in [1.165, 1.54) is 23.7 Å². The van der Waals surface area contributed by atoms with Crippen molar-refractivity contribution in [2.24, 2.45) is 7.05 Å². The average Bonchev–Trinajstić information content (AvgIpc) is 2.84. The second kappa shape index (κ2) is 4.98. The van der Waals surface area contributed by atoms with E-state index in [4.69, 9.17) is 0 Å². The number of hydrogen-bond acceptors (Lipinski definition) is 5. The van der Waals surface area contributed by atoms with E-state index in [1.807, 2.05) is 4.72 Å². The van der Waals surface area contributed by atoms with E-state index in [0.29, 0.717) is 0 Å². The van der Waals surface area contributed by atoms with E-state index in [9.17, 15) is 18.0 Å². The lowest BCUT2D eigenvalue weighted by Gasteiger charge is -1.91. The molecule has 1 amide bonds. The molecule has 0 radical (unpaired) electrons. The lowest BCUT2D eigenvalue weighted by Crippen LogP contribution is -2.20. The number of nitrogens with one attached hydrogen (secondary N) is 1. The largest absolute Gasteiger partial charge is 0.268 e. The molecule has 2 aromatic rings. The molecule has 0 bridgehead atoms. The molecular weight excluding hydrogens is 288 g/mol. The summed E-state index contributed by atoms with van der Waals surface area (Å²) >= 11 is 1.41. The lowest BCUT2D eigenvalue weighted by molar-refractivity contribution is 0.0985. The van der Waals surface area contributed by atoms with Crippen molar-refractivity contribution < 1.29 is 13.2 Å². The molecule has 100 valence electrons. The predicted molar refractivity (Wildman–Crippen MR) is 70.7 cm³/mol. The average molecular weight is 298 g/mol. The van der Waals surface area contributed by atoms with E-state index in [2.05, 4.69) is 0 Å². The first-order valence-electron chi connectivity index (χ1n) is 5.19. The Labute approximate surface area is 113 Å². The van der Waals surface area contributed by atoms with Crippen molar-refractivity contribution in [3.8, 4) is 0 Å². The first-order chi connectivity index (χ1) is 8.92. The molecule has 1 aliphatic rings. The predicted octanol–water partition coefficient (Wildman–Crippen LogP) is 0.565. The van der Waals surface area contributed by atoms with Gasteiger partial charge in [-0.05, 0) is 12.1 Å². The molecule has 0 atom stereocenters. The van der Waals surface area contributed by atoms with Crippen molar-refractivity contribution in [3.63, 3.8) is 0 Å². The second-order valence-corrected chi connectivity index (χ2v) is 6.36. The second-order valence-electron chi connectivity index (χ2n) is 3.67. The number of rotatable bonds is 0. The van der Waals surface area contributed by atoms with Gasteiger partial charge in [0.15, 0.2) is 0 Å². The summed E-state index contributed by atoms with van der Waals surface area (Å²) in [5, 5.41) is 1.77. The van der Waals surface area contributed by atoms with Crippen LogP contribution in [-0.4, -0.2) is 18.3 Å². The Morgan fingerprint density at radius 1 is 1.16 bits per heavy atom. The van der Waals surface area contributed by atoms with Gasteiger partial charge in [0.1, 0.15) is 4.90 Å². The summed E-state index contributed by atoms with van der Waals surface area (Å²) in [5.74, 6) is -0.550. The zero-order valence-electron chi connectivity index (χ0n) is 9.86. The van der Waals surface area contributed by atoms with Gasteiger partial charge >= 0.3 is 0 Å². The Bertz CT molecular complexity index is 774. The monoisotopic (exact) mass is 298 g/mol. The van der Waals surface area contributed by atoms with Crippen molar-refractivity contribution in [3.05, 3.63) is 51.6 Å². The number of fused-ring (bicyclic) bond motifs is 1. The maximum atomic E-state index is 11.1. The molecular formula is C11H10N2O4S2. The molecule has 0 aliphatic carbocycles. The fraction of sp³-hybridized carbons (Fsp3) is 0.0909. The minimum Gasteiger partial charge on any atom is -0.268 e. The number of sulfonamides is 1. The summed E-state index contributed by atoms with van der Waals surface area (Å²) in [6, 6.07) is 7.64. The third-order valence-electron chi connectivity index (χ3n) is 2.39. The van der Waals surface area contributed by atoms with Gasteiger partial charge in [-0.1, -0.05) is 23.7 Å². The van der Waals surface area contributed by atoms with Crippen molar-refractivity contribution in [2.75, 3.05) is 0 Å². The standard InChI is InChI=1S/C7H5NO3S.C4H5NOS/c9-7-5-3-1-2-4-6(5)12(10,11)8-7;1-5-4(6)2-3-7-5/h1-4H,(H,8,9);2-3H,1H3. The van der Waals surface area contributed by atoms with Gasteiger partial charge in [-0.25, -0.2) is 13.1 Å². The van der Waals surface area contributed by atoms with Gasteiger partial charge in [-0.2, -0.15) is 0 Å². The maximum Gasteiger partial charge on any atom is 0.266 e. The topological polar surface area (TPSA) is 85.2 Å². The van der Waals surface area contributed by atoms with Crippen LogP contribution in [0.2, 0.25) is 0 Å². The quantitative estimate of drug-likeness (QED) is 0.770. The molecule has 8 heteroatoms. The van der Waals surface area contributed by atoms with Gasteiger partial charge in [-0.3, -0.25) is 13.5 Å². The van der Waals surface area contributed by atoms with Crippen LogP contribution in [0.25, 0.3) is 0 Å². The maximum absolute atomic E-state index is 11.1. The Hall–Kier alpha value is -1.93. The number of carbonyl (C=O) groups excluding carboxylic acids is 1. The third-order valence-corrected chi connectivity index (χ3v) is 4.53. The fourth-order valence-electron chi connectivity index (χ4n) is 1.46. The molecule has 0 saturated heterocycles. The number of nitrogens with zero attached hydrogens (tertiary/aromatic N) is 1. The van der Waals surface area contributed by atoms with Gasteiger partial charge < -0.3 is 0 Å². The molecule has 1 aromatic heterocycles. The highest BCUT2D eigenvalue weighted by Gasteiger charge is 2.31. The van der Waals surface area contributed by atoms with Crippen LogP contribution in [0.3, 0.4) is 0 Å². The molecule has 0 saturated carbocycles. The van der Waals surface area contributed by atoms with Crippen LogP contribution in [0.15, 0.2) is 45.4 Å². The molecule has 1 N–H and O–H groups in total. The van der Waals surface area contributed by atoms with E-state index in [0.717, 1.165) is 0 Å². The number of aryl methyl sites for hydroxylation is 1. The lowest BCUT2D eigenvalue weighted by atomic mass is 10.2. The molecule has 3 rings (SSSR count). The van der Waals surface area contributed by atoms with Crippen molar-refractivity contribution >= 4 is 27.5 Å². The summed E-state index contributed by atoms with van der Waals surface area (Å²) in [7, 11) is -1.81. The summed E-state index contributed by atoms with van der Waals surface area (Å²) in [4.78, 5) is 21.4. The number of hydrogen-bond donors (Lipinski definition) is 1. The van der Waals surface area contributed by atoms with Crippen LogP contribution in [0.4, 0.5) is 0 Å². The number of amides is 1. The summed E-state index contributed by atoms with van der Waals surface area (Å²) in [5.41, 5.74) is 0.294. The zero-order valence-corrected chi connectivity index (χ0v) is 11.5. The molecule has 0 unspecified atom stereocenters. The summed E-state index contributed by atoms with van der Waals surface area (Å²) in [6.45, 7) is 0. The van der Waals surface area contributed by atoms with Gasteiger partial charge in [-0.15, -0.1) is 0 Å². The van der Waals surface area contributed by atoms with Crippen LogP contribution in [0.5, 0.6) is 0 Å². The van der Waals surface area contributed by atoms with Crippen molar-refractivity contribution in [1.82, 2.24) is 8.68 Å². The SMILES string of the molecule is Cn1sccc1=O.O=C1NS(=O)(=O)c2ccccc21. The van der Waals surface area contributed by atoms with Gasteiger partial charge in [0, 0.05) is 18.5 Å². The zero-order chi connectivity index (χ0) is 14.0. The van der Waals surface area contributed by atoms with Crippen LogP contribution in [-0.2, 0) is 17.1 Å². The molecule has 1 aromatic carbocycles.